The van der Waals surface area contributed by atoms with Gasteiger partial charge in [0, 0.05) is 18.6 Å². The van der Waals surface area contributed by atoms with Gasteiger partial charge in [-0.25, -0.2) is 5.01 Å². The SMILES string of the molecule is C=CCN(NC1CCCCCC1C(=O)OC)C1CCC1. The number of ether oxygens (including phenoxy) is 1. The molecular weight excluding hydrogens is 252 g/mol. The summed E-state index contributed by atoms with van der Waals surface area (Å²) < 4.78 is 5.00. The van der Waals surface area contributed by atoms with Gasteiger partial charge in [0.25, 0.3) is 0 Å². The zero-order chi connectivity index (χ0) is 14.4. The largest absolute Gasteiger partial charge is 0.469 e. The summed E-state index contributed by atoms with van der Waals surface area (Å²) in [7, 11) is 1.50. The molecule has 0 spiro atoms. The first-order chi connectivity index (χ1) is 9.76. The number of nitrogens with one attached hydrogen (secondary N) is 1. The van der Waals surface area contributed by atoms with Crippen molar-refractivity contribution in [2.75, 3.05) is 13.7 Å². The topological polar surface area (TPSA) is 41.6 Å². The summed E-state index contributed by atoms with van der Waals surface area (Å²) in [5, 5.41) is 2.29. The van der Waals surface area contributed by atoms with E-state index >= 15 is 0 Å². The van der Waals surface area contributed by atoms with E-state index in [1.165, 1.54) is 39.2 Å². The summed E-state index contributed by atoms with van der Waals surface area (Å²) in [5.41, 5.74) is 3.63. The molecule has 2 saturated carbocycles. The highest BCUT2D eigenvalue weighted by atomic mass is 16.5. The van der Waals surface area contributed by atoms with Gasteiger partial charge in [-0.1, -0.05) is 31.8 Å². The second-order valence-corrected chi connectivity index (χ2v) is 6.03. The monoisotopic (exact) mass is 280 g/mol. The van der Waals surface area contributed by atoms with Crippen molar-refractivity contribution in [3.63, 3.8) is 0 Å². The molecule has 2 atom stereocenters. The van der Waals surface area contributed by atoms with Crippen LogP contribution in [0.2, 0.25) is 0 Å². The Morgan fingerprint density at radius 2 is 2.00 bits per heavy atom. The van der Waals surface area contributed by atoms with Gasteiger partial charge < -0.3 is 4.74 Å². The molecule has 4 nitrogen and oxygen atoms in total. The molecule has 1 N–H and O–H groups in total. The molecule has 2 aliphatic rings. The Hall–Kier alpha value is -0.870. The van der Waals surface area contributed by atoms with Crippen LogP contribution in [0, 0.1) is 5.92 Å². The van der Waals surface area contributed by atoms with Crippen LogP contribution < -0.4 is 5.43 Å². The number of hydrogen-bond acceptors (Lipinski definition) is 4. The minimum absolute atomic E-state index is 0.00473. The average molecular weight is 280 g/mol. The fraction of sp³-hybridized carbons (Fsp3) is 0.812. The van der Waals surface area contributed by atoms with Crippen LogP contribution >= 0.6 is 0 Å². The van der Waals surface area contributed by atoms with Gasteiger partial charge in [-0.15, -0.1) is 6.58 Å². The molecule has 0 aromatic rings. The first-order valence-corrected chi connectivity index (χ1v) is 7.97. The van der Waals surface area contributed by atoms with Crippen LogP contribution in [0.15, 0.2) is 12.7 Å². The zero-order valence-corrected chi connectivity index (χ0v) is 12.6. The van der Waals surface area contributed by atoms with E-state index in [-0.39, 0.29) is 17.9 Å². The lowest BCUT2D eigenvalue weighted by Crippen LogP contribution is -2.55. The summed E-state index contributed by atoms with van der Waals surface area (Å²) in [4.78, 5) is 12.0. The van der Waals surface area contributed by atoms with Crippen LogP contribution in [-0.2, 0) is 9.53 Å². The Morgan fingerprint density at radius 1 is 1.25 bits per heavy atom. The third kappa shape index (κ3) is 3.83. The molecule has 114 valence electrons. The highest BCUT2D eigenvalue weighted by Gasteiger charge is 2.33. The Balaban J connectivity index is 2.00. The number of methoxy groups -OCH3 is 1. The van der Waals surface area contributed by atoms with Gasteiger partial charge in [0.1, 0.15) is 0 Å². The Labute approximate surface area is 122 Å². The van der Waals surface area contributed by atoms with Gasteiger partial charge in [0.2, 0.25) is 0 Å². The summed E-state index contributed by atoms with van der Waals surface area (Å²) in [6.45, 7) is 4.69. The van der Waals surface area contributed by atoms with Crippen LogP contribution in [0.3, 0.4) is 0 Å². The molecule has 2 rings (SSSR count). The molecular formula is C16H28N2O2. The van der Waals surface area contributed by atoms with E-state index < -0.39 is 0 Å². The van der Waals surface area contributed by atoms with E-state index in [2.05, 4.69) is 17.0 Å². The molecule has 2 aliphatic carbocycles. The van der Waals surface area contributed by atoms with E-state index in [9.17, 15) is 4.79 Å². The fourth-order valence-electron chi connectivity index (χ4n) is 3.25. The van der Waals surface area contributed by atoms with Crippen molar-refractivity contribution in [1.82, 2.24) is 10.4 Å². The van der Waals surface area contributed by atoms with Crippen LogP contribution in [0.25, 0.3) is 0 Å². The third-order valence-electron chi connectivity index (χ3n) is 4.69. The maximum absolute atomic E-state index is 12.0. The van der Waals surface area contributed by atoms with Crippen molar-refractivity contribution in [3.05, 3.63) is 12.7 Å². The van der Waals surface area contributed by atoms with Crippen molar-refractivity contribution in [1.29, 1.82) is 0 Å². The second kappa shape index (κ2) is 7.79. The van der Waals surface area contributed by atoms with Crippen molar-refractivity contribution in [3.8, 4) is 0 Å². The van der Waals surface area contributed by atoms with E-state index in [0.717, 1.165) is 25.8 Å². The molecule has 4 heteroatoms. The molecule has 0 amide bonds. The lowest BCUT2D eigenvalue weighted by Gasteiger charge is -2.40. The summed E-state index contributed by atoms with van der Waals surface area (Å²) in [6.07, 6.45) is 11.3. The van der Waals surface area contributed by atoms with Crippen molar-refractivity contribution < 1.29 is 9.53 Å². The molecule has 0 heterocycles. The van der Waals surface area contributed by atoms with Gasteiger partial charge in [-0.3, -0.25) is 10.2 Å². The van der Waals surface area contributed by atoms with Crippen LogP contribution in [-0.4, -0.2) is 36.7 Å². The van der Waals surface area contributed by atoms with Crippen molar-refractivity contribution in [2.45, 2.75) is 63.5 Å². The van der Waals surface area contributed by atoms with Crippen molar-refractivity contribution >= 4 is 5.97 Å². The summed E-state index contributed by atoms with van der Waals surface area (Å²) in [6, 6.07) is 0.819. The first kappa shape index (κ1) is 15.5. The van der Waals surface area contributed by atoms with E-state index in [0.29, 0.717) is 6.04 Å². The number of carbonyl (C=O) groups excluding carboxylic acids is 1. The highest BCUT2D eigenvalue weighted by molar-refractivity contribution is 5.73. The molecule has 0 bridgehead atoms. The maximum Gasteiger partial charge on any atom is 0.310 e. The predicted molar refractivity (Wildman–Crippen MR) is 80.1 cm³/mol. The molecule has 2 unspecified atom stereocenters. The quantitative estimate of drug-likeness (QED) is 0.351. The fourth-order valence-corrected chi connectivity index (χ4v) is 3.25. The smallest absolute Gasteiger partial charge is 0.310 e. The zero-order valence-electron chi connectivity index (χ0n) is 12.6. The minimum Gasteiger partial charge on any atom is -0.469 e. The number of rotatable bonds is 6. The number of hydrogen-bond donors (Lipinski definition) is 1. The van der Waals surface area contributed by atoms with E-state index in [1.807, 2.05) is 6.08 Å². The maximum atomic E-state index is 12.0. The third-order valence-corrected chi connectivity index (χ3v) is 4.69. The Bertz CT molecular complexity index is 328. The van der Waals surface area contributed by atoms with Gasteiger partial charge >= 0.3 is 5.97 Å². The number of nitrogens with zero attached hydrogens (tertiary/aromatic N) is 1. The van der Waals surface area contributed by atoms with Crippen LogP contribution in [0.1, 0.15) is 51.4 Å². The van der Waals surface area contributed by atoms with Crippen molar-refractivity contribution in [2.24, 2.45) is 5.92 Å². The lowest BCUT2D eigenvalue weighted by atomic mass is 9.91. The average Bonchev–Trinajstić information content (AvgIpc) is 2.61. The van der Waals surface area contributed by atoms with E-state index in [1.54, 1.807) is 0 Å². The summed E-state index contributed by atoms with van der Waals surface area (Å²) in [5.74, 6) is -0.0635. The first-order valence-electron chi connectivity index (χ1n) is 7.97. The number of carbonyl (C=O) groups is 1. The van der Waals surface area contributed by atoms with Gasteiger partial charge in [-0.2, -0.15) is 0 Å². The van der Waals surface area contributed by atoms with Gasteiger partial charge in [0.05, 0.1) is 13.0 Å². The van der Waals surface area contributed by atoms with E-state index in [4.69, 9.17) is 4.74 Å². The number of hydrazine groups is 1. The number of esters is 1. The van der Waals surface area contributed by atoms with Crippen LogP contribution in [0.4, 0.5) is 0 Å². The molecule has 20 heavy (non-hydrogen) atoms. The Morgan fingerprint density at radius 3 is 2.60 bits per heavy atom. The minimum atomic E-state index is -0.0587. The normalized spacial score (nSPS) is 27.7. The molecule has 2 fully saturated rings. The molecule has 0 aromatic heterocycles. The second-order valence-electron chi connectivity index (χ2n) is 6.03. The summed E-state index contributed by atoms with van der Waals surface area (Å²) >= 11 is 0. The standard InChI is InChI=1S/C16H28N2O2/c1-3-12-18(13-8-7-9-13)17-15-11-6-4-5-10-14(15)16(19)20-2/h3,13-15,17H,1,4-12H2,2H3. The van der Waals surface area contributed by atoms with Crippen LogP contribution in [0.5, 0.6) is 0 Å². The molecule has 0 aromatic carbocycles. The van der Waals surface area contributed by atoms with Gasteiger partial charge in [-0.05, 0) is 25.7 Å². The molecule has 0 aliphatic heterocycles. The molecule has 0 saturated heterocycles. The Kier molecular flexibility index (Phi) is 6.05. The lowest BCUT2D eigenvalue weighted by molar-refractivity contribution is -0.147. The molecule has 0 radical (unpaired) electrons. The predicted octanol–water partition coefficient (Wildman–Crippen LogP) is 2.65. The van der Waals surface area contributed by atoms with Gasteiger partial charge in [0.15, 0.2) is 0 Å². The highest BCUT2D eigenvalue weighted by Crippen LogP contribution is 2.28.